The number of nitrogen functional groups attached to an aromatic ring is 1. The van der Waals surface area contributed by atoms with Gasteiger partial charge in [0.15, 0.2) is 0 Å². The van der Waals surface area contributed by atoms with Gasteiger partial charge in [-0.25, -0.2) is 17.6 Å². The molecule has 0 saturated carbocycles. The zero-order chi connectivity index (χ0) is 12.6. The van der Waals surface area contributed by atoms with Gasteiger partial charge in [-0.1, -0.05) is 0 Å². The summed E-state index contributed by atoms with van der Waals surface area (Å²) < 4.78 is 52.6. The molecule has 94 valence electrons. The molecule has 0 aliphatic carbocycles. The molecule has 0 spiro atoms. The second-order valence-electron chi connectivity index (χ2n) is 4.17. The van der Waals surface area contributed by atoms with Crippen molar-refractivity contribution in [1.82, 2.24) is 0 Å². The molecule has 2 rings (SSSR count). The summed E-state index contributed by atoms with van der Waals surface area (Å²) in [5.41, 5.74) is 4.92. The second-order valence-corrected chi connectivity index (χ2v) is 4.17. The van der Waals surface area contributed by atoms with E-state index < -0.39 is 17.6 Å². The van der Waals surface area contributed by atoms with Crippen molar-refractivity contribution < 1.29 is 17.6 Å². The van der Waals surface area contributed by atoms with Gasteiger partial charge in [0.2, 0.25) is 0 Å². The molecule has 0 unspecified atom stereocenters. The Morgan fingerprint density at radius 1 is 1.06 bits per heavy atom. The highest BCUT2D eigenvalue weighted by Crippen LogP contribution is 2.32. The van der Waals surface area contributed by atoms with E-state index in [4.69, 9.17) is 5.73 Å². The first-order valence-corrected chi connectivity index (χ1v) is 5.26. The fourth-order valence-corrected chi connectivity index (χ4v) is 1.87. The van der Waals surface area contributed by atoms with Crippen molar-refractivity contribution in [2.24, 2.45) is 0 Å². The third-order valence-electron chi connectivity index (χ3n) is 2.90. The van der Waals surface area contributed by atoms with E-state index in [0.29, 0.717) is 0 Å². The maximum absolute atomic E-state index is 13.5. The number of nitrogens with two attached hydrogens (primary N) is 1. The monoisotopic (exact) mass is 248 g/mol. The summed E-state index contributed by atoms with van der Waals surface area (Å²) in [7, 11) is 0. The Kier molecular flexibility index (Phi) is 2.89. The van der Waals surface area contributed by atoms with Crippen LogP contribution in [0.4, 0.5) is 28.9 Å². The average Bonchev–Trinajstić information content (AvgIpc) is 2.24. The van der Waals surface area contributed by atoms with E-state index in [1.54, 1.807) is 0 Å². The number of alkyl halides is 2. The molecule has 1 saturated heterocycles. The number of benzene rings is 1. The number of hydrogen-bond donors (Lipinski definition) is 1. The van der Waals surface area contributed by atoms with Crippen molar-refractivity contribution in [1.29, 1.82) is 0 Å². The molecule has 0 aromatic heterocycles. The third kappa shape index (κ3) is 2.45. The van der Waals surface area contributed by atoms with Crippen molar-refractivity contribution in [2.45, 2.75) is 18.8 Å². The van der Waals surface area contributed by atoms with Crippen LogP contribution in [0.15, 0.2) is 12.1 Å². The van der Waals surface area contributed by atoms with Crippen LogP contribution < -0.4 is 10.6 Å². The van der Waals surface area contributed by atoms with E-state index >= 15 is 0 Å². The van der Waals surface area contributed by atoms with E-state index in [-0.39, 0.29) is 37.3 Å². The first-order valence-electron chi connectivity index (χ1n) is 5.26. The zero-order valence-electron chi connectivity index (χ0n) is 9.02. The van der Waals surface area contributed by atoms with Gasteiger partial charge in [-0.15, -0.1) is 0 Å². The van der Waals surface area contributed by atoms with Crippen LogP contribution in [0.3, 0.4) is 0 Å². The van der Waals surface area contributed by atoms with Gasteiger partial charge < -0.3 is 10.6 Å². The molecule has 0 atom stereocenters. The fraction of sp³-hybridized carbons (Fsp3) is 0.455. The molecule has 1 aliphatic heterocycles. The Hall–Kier alpha value is -1.46. The largest absolute Gasteiger partial charge is 0.396 e. The molecule has 17 heavy (non-hydrogen) atoms. The molecular formula is C11H12F4N2. The van der Waals surface area contributed by atoms with Gasteiger partial charge in [0, 0.05) is 38.1 Å². The number of nitrogens with zero attached hydrogens (tertiary/aromatic N) is 1. The van der Waals surface area contributed by atoms with Crippen LogP contribution in [-0.4, -0.2) is 19.0 Å². The van der Waals surface area contributed by atoms with Gasteiger partial charge in [0.05, 0.1) is 11.4 Å². The highest BCUT2D eigenvalue weighted by molar-refractivity contribution is 5.55. The number of halogens is 4. The molecule has 1 fully saturated rings. The number of rotatable bonds is 1. The summed E-state index contributed by atoms with van der Waals surface area (Å²) in [5.74, 6) is -4.13. The Morgan fingerprint density at radius 3 is 2.24 bits per heavy atom. The lowest BCUT2D eigenvalue weighted by atomic mass is 10.1. The first kappa shape index (κ1) is 12.0. The fourth-order valence-electron chi connectivity index (χ4n) is 1.87. The third-order valence-corrected chi connectivity index (χ3v) is 2.90. The molecule has 2 nitrogen and oxygen atoms in total. The molecule has 1 aliphatic rings. The molecule has 0 bridgehead atoms. The first-order chi connectivity index (χ1) is 7.89. The van der Waals surface area contributed by atoms with Crippen molar-refractivity contribution in [3.8, 4) is 0 Å². The van der Waals surface area contributed by atoms with E-state index in [1.165, 1.54) is 4.90 Å². The molecule has 0 radical (unpaired) electrons. The molecule has 1 heterocycles. The van der Waals surface area contributed by atoms with Crippen molar-refractivity contribution >= 4 is 11.4 Å². The number of hydrogen-bond acceptors (Lipinski definition) is 2. The summed E-state index contributed by atoms with van der Waals surface area (Å²) in [4.78, 5) is 1.41. The van der Waals surface area contributed by atoms with E-state index in [0.717, 1.165) is 12.1 Å². The molecule has 1 aromatic carbocycles. The van der Waals surface area contributed by atoms with Crippen LogP contribution in [0.2, 0.25) is 0 Å². The van der Waals surface area contributed by atoms with Gasteiger partial charge in [-0.3, -0.25) is 0 Å². The maximum Gasteiger partial charge on any atom is 0.251 e. The van der Waals surface area contributed by atoms with Crippen LogP contribution in [-0.2, 0) is 0 Å². The Labute approximate surface area is 96.0 Å². The van der Waals surface area contributed by atoms with E-state index in [2.05, 4.69) is 0 Å². The van der Waals surface area contributed by atoms with Gasteiger partial charge >= 0.3 is 0 Å². The standard InChI is InChI=1S/C11H12F4N2/c12-7-6-10(8(13)5-9(7)16)17-3-1-11(14,15)2-4-17/h5-6H,1-4,16H2. The lowest BCUT2D eigenvalue weighted by molar-refractivity contribution is -0.0221. The van der Waals surface area contributed by atoms with Crippen molar-refractivity contribution in [3.05, 3.63) is 23.8 Å². The highest BCUT2D eigenvalue weighted by Gasteiger charge is 2.34. The topological polar surface area (TPSA) is 29.3 Å². The molecule has 2 N–H and O–H groups in total. The smallest absolute Gasteiger partial charge is 0.251 e. The predicted octanol–water partition coefficient (Wildman–Crippen LogP) is 2.78. The van der Waals surface area contributed by atoms with Gasteiger partial charge in [-0.2, -0.15) is 0 Å². The summed E-state index contributed by atoms with van der Waals surface area (Å²) in [6.45, 7) is 0.0144. The van der Waals surface area contributed by atoms with Gasteiger partial charge in [0.1, 0.15) is 11.6 Å². The highest BCUT2D eigenvalue weighted by atomic mass is 19.3. The Morgan fingerprint density at radius 2 is 1.65 bits per heavy atom. The second kappa shape index (κ2) is 4.09. The summed E-state index contributed by atoms with van der Waals surface area (Å²) in [5, 5.41) is 0. The maximum atomic E-state index is 13.5. The summed E-state index contributed by atoms with van der Waals surface area (Å²) in [6.07, 6.45) is -0.698. The SMILES string of the molecule is Nc1cc(F)c(N2CCC(F)(F)CC2)cc1F. The Balaban J connectivity index is 2.21. The van der Waals surface area contributed by atoms with Crippen molar-refractivity contribution in [3.63, 3.8) is 0 Å². The number of anilines is 2. The van der Waals surface area contributed by atoms with Crippen molar-refractivity contribution in [2.75, 3.05) is 23.7 Å². The zero-order valence-corrected chi connectivity index (χ0v) is 9.02. The lowest BCUT2D eigenvalue weighted by Crippen LogP contribution is -2.39. The Bertz CT molecular complexity index is 424. The van der Waals surface area contributed by atoms with Crippen LogP contribution in [0.1, 0.15) is 12.8 Å². The summed E-state index contributed by atoms with van der Waals surface area (Å²) in [6, 6.07) is 1.82. The molecule has 6 heteroatoms. The summed E-state index contributed by atoms with van der Waals surface area (Å²) >= 11 is 0. The van der Waals surface area contributed by atoms with Crippen LogP contribution in [0.25, 0.3) is 0 Å². The minimum Gasteiger partial charge on any atom is -0.396 e. The van der Waals surface area contributed by atoms with Crippen LogP contribution >= 0.6 is 0 Å². The normalized spacial score (nSPS) is 19.4. The molecule has 1 aromatic rings. The lowest BCUT2D eigenvalue weighted by Gasteiger charge is -2.33. The predicted molar refractivity (Wildman–Crippen MR) is 57.2 cm³/mol. The minimum atomic E-state index is -2.71. The van der Waals surface area contributed by atoms with E-state index in [9.17, 15) is 17.6 Å². The van der Waals surface area contributed by atoms with Gasteiger partial charge in [-0.05, 0) is 0 Å². The average molecular weight is 248 g/mol. The number of piperidine rings is 1. The van der Waals surface area contributed by atoms with Crippen LogP contribution in [0, 0.1) is 11.6 Å². The quantitative estimate of drug-likeness (QED) is 0.611. The van der Waals surface area contributed by atoms with Gasteiger partial charge in [0.25, 0.3) is 5.92 Å². The van der Waals surface area contributed by atoms with Crippen LogP contribution in [0.5, 0.6) is 0 Å². The molecular weight excluding hydrogens is 236 g/mol. The minimum absolute atomic E-state index is 0.00722. The molecule has 0 amide bonds. The van der Waals surface area contributed by atoms with E-state index in [1.807, 2.05) is 0 Å².